The molecule has 2 heterocycles. The second-order valence-corrected chi connectivity index (χ2v) is 6.91. The predicted molar refractivity (Wildman–Crippen MR) is 97.9 cm³/mol. The van der Waals surface area contributed by atoms with Crippen molar-refractivity contribution in [2.45, 2.75) is 19.0 Å². The van der Waals surface area contributed by atoms with Crippen LogP contribution in [0.2, 0.25) is 5.02 Å². The molecule has 11 heteroatoms. The number of rotatable bonds is 3. The monoisotopic (exact) mass is 447 g/mol. The van der Waals surface area contributed by atoms with Crippen LogP contribution < -0.4 is 10.1 Å². The van der Waals surface area contributed by atoms with Gasteiger partial charge in [0.25, 0.3) is 0 Å². The molecule has 0 saturated carbocycles. The van der Waals surface area contributed by atoms with E-state index in [2.05, 4.69) is 15.2 Å². The van der Waals surface area contributed by atoms with E-state index >= 15 is 0 Å². The standard InChI is InChI=1S/C19H12ClF6N3O/c20-15-6-1-10(18(21,22)23)9-14(15)16-13-7-8-27-17(13)29(28-16)11-2-4-12(5-3-11)30-19(24,25)26/h1-6,9,27H,7-8H2. The summed E-state index contributed by atoms with van der Waals surface area (Å²) in [6.07, 6.45) is -8.85. The molecule has 3 aromatic rings. The van der Waals surface area contributed by atoms with Crippen LogP contribution in [0.1, 0.15) is 11.1 Å². The summed E-state index contributed by atoms with van der Waals surface area (Å²) in [7, 11) is 0. The molecular formula is C19H12ClF6N3O. The number of hydrogen-bond acceptors (Lipinski definition) is 3. The van der Waals surface area contributed by atoms with Crippen LogP contribution in [0.4, 0.5) is 32.2 Å². The molecule has 0 aliphatic carbocycles. The van der Waals surface area contributed by atoms with Gasteiger partial charge in [-0.1, -0.05) is 11.6 Å². The van der Waals surface area contributed by atoms with Gasteiger partial charge >= 0.3 is 12.5 Å². The van der Waals surface area contributed by atoms with Crippen molar-refractivity contribution in [2.75, 3.05) is 11.9 Å². The average molecular weight is 448 g/mol. The van der Waals surface area contributed by atoms with E-state index in [1.54, 1.807) is 0 Å². The number of fused-ring (bicyclic) bond motifs is 1. The molecule has 1 aromatic heterocycles. The Morgan fingerprint density at radius 2 is 1.70 bits per heavy atom. The van der Waals surface area contributed by atoms with Gasteiger partial charge in [0.05, 0.1) is 22.0 Å². The van der Waals surface area contributed by atoms with E-state index in [0.29, 0.717) is 30.0 Å². The van der Waals surface area contributed by atoms with Crippen LogP contribution >= 0.6 is 11.6 Å². The zero-order chi connectivity index (χ0) is 21.7. The summed E-state index contributed by atoms with van der Waals surface area (Å²) < 4.78 is 81.7. The molecule has 30 heavy (non-hydrogen) atoms. The fourth-order valence-electron chi connectivity index (χ4n) is 3.25. The summed E-state index contributed by atoms with van der Waals surface area (Å²) in [5, 5.41) is 7.61. The van der Waals surface area contributed by atoms with Crippen LogP contribution in [-0.2, 0) is 12.6 Å². The lowest BCUT2D eigenvalue weighted by Crippen LogP contribution is -2.17. The van der Waals surface area contributed by atoms with E-state index in [1.165, 1.54) is 16.8 Å². The van der Waals surface area contributed by atoms with Crippen LogP contribution in [-0.4, -0.2) is 22.7 Å². The number of hydrogen-bond donors (Lipinski definition) is 1. The number of aromatic nitrogens is 2. The second-order valence-electron chi connectivity index (χ2n) is 6.50. The molecule has 0 fully saturated rings. The van der Waals surface area contributed by atoms with Crippen LogP contribution in [0.25, 0.3) is 16.9 Å². The third-order valence-electron chi connectivity index (χ3n) is 4.51. The van der Waals surface area contributed by atoms with Crippen LogP contribution in [0, 0.1) is 0 Å². The maximum absolute atomic E-state index is 13.1. The van der Waals surface area contributed by atoms with Crippen LogP contribution in [0.15, 0.2) is 42.5 Å². The number of benzene rings is 2. The predicted octanol–water partition coefficient (Wildman–Crippen LogP) is 6.08. The van der Waals surface area contributed by atoms with Crippen LogP contribution in [0.3, 0.4) is 0 Å². The summed E-state index contributed by atoms with van der Waals surface area (Å²) in [5.41, 5.74) is 0.630. The minimum Gasteiger partial charge on any atom is -0.406 e. The Morgan fingerprint density at radius 3 is 2.33 bits per heavy atom. The largest absolute Gasteiger partial charge is 0.573 e. The van der Waals surface area contributed by atoms with Gasteiger partial charge in [-0.05, 0) is 48.9 Å². The Hall–Kier alpha value is -2.88. The molecule has 0 atom stereocenters. The Labute approximate surface area is 171 Å². The molecule has 158 valence electrons. The zero-order valence-electron chi connectivity index (χ0n) is 14.9. The number of halogens is 7. The van der Waals surface area contributed by atoms with Crippen molar-refractivity contribution < 1.29 is 31.1 Å². The van der Waals surface area contributed by atoms with E-state index in [-0.39, 0.29) is 16.3 Å². The quantitative estimate of drug-likeness (QED) is 0.495. The van der Waals surface area contributed by atoms with Gasteiger partial charge < -0.3 is 10.1 Å². The van der Waals surface area contributed by atoms with Gasteiger partial charge in [0, 0.05) is 17.7 Å². The fraction of sp³-hybridized carbons (Fsp3) is 0.211. The van der Waals surface area contributed by atoms with E-state index in [0.717, 1.165) is 30.3 Å². The van der Waals surface area contributed by atoms with E-state index in [9.17, 15) is 26.3 Å². The molecule has 1 aliphatic rings. The molecule has 0 saturated heterocycles. The minimum atomic E-state index is -4.82. The first kappa shape index (κ1) is 20.4. The van der Waals surface area contributed by atoms with Gasteiger partial charge in [0.1, 0.15) is 11.6 Å². The molecule has 0 radical (unpaired) electrons. The van der Waals surface area contributed by atoms with Crippen molar-refractivity contribution in [2.24, 2.45) is 0 Å². The topological polar surface area (TPSA) is 39.1 Å². The van der Waals surface area contributed by atoms with Crippen molar-refractivity contribution in [1.29, 1.82) is 0 Å². The van der Waals surface area contributed by atoms with Gasteiger partial charge in [-0.3, -0.25) is 0 Å². The summed E-state index contributed by atoms with van der Waals surface area (Å²) >= 11 is 6.16. The minimum absolute atomic E-state index is 0.108. The summed E-state index contributed by atoms with van der Waals surface area (Å²) in [4.78, 5) is 0. The molecule has 1 N–H and O–H groups in total. The van der Waals surface area contributed by atoms with Gasteiger partial charge in [-0.2, -0.15) is 18.3 Å². The third kappa shape index (κ3) is 3.91. The number of anilines is 1. The van der Waals surface area contributed by atoms with Crippen LogP contribution in [0.5, 0.6) is 5.75 Å². The third-order valence-corrected chi connectivity index (χ3v) is 4.84. The van der Waals surface area contributed by atoms with Crippen molar-refractivity contribution in [3.8, 4) is 22.7 Å². The van der Waals surface area contributed by atoms with Gasteiger partial charge in [-0.25, -0.2) is 4.68 Å². The lowest BCUT2D eigenvalue weighted by Gasteiger charge is -2.11. The number of ether oxygens (including phenoxy) is 1. The number of nitrogens with one attached hydrogen (secondary N) is 1. The average Bonchev–Trinajstić information content (AvgIpc) is 3.23. The lowest BCUT2D eigenvalue weighted by atomic mass is 10.0. The highest BCUT2D eigenvalue weighted by Crippen LogP contribution is 2.40. The summed E-state index contributed by atoms with van der Waals surface area (Å²) in [6.45, 7) is 0.534. The van der Waals surface area contributed by atoms with Crippen molar-refractivity contribution in [1.82, 2.24) is 9.78 Å². The molecule has 4 rings (SSSR count). The molecule has 2 aromatic carbocycles. The fourth-order valence-corrected chi connectivity index (χ4v) is 3.46. The number of alkyl halides is 6. The lowest BCUT2D eigenvalue weighted by molar-refractivity contribution is -0.274. The molecular weight excluding hydrogens is 436 g/mol. The molecule has 0 spiro atoms. The highest BCUT2D eigenvalue weighted by atomic mass is 35.5. The van der Waals surface area contributed by atoms with E-state index in [4.69, 9.17) is 11.6 Å². The normalized spacial score (nSPS) is 13.8. The molecule has 0 amide bonds. The highest BCUT2D eigenvalue weighted by Gasteiger charge is 2.33. The Morgan fingerprint density at radius 1 is 1.00 bits per heavy atom. The van der Waals surface area contributed by atoms with Gasteiger partial charge in [-0.15, -0.1) is 13.2 Å². The summed E-state index contributed by atoms with van der Waals surface area (Å²) in [6, 6.07) is 7.98. The molecule has 4 nitrogen and oxygen atoms in total. The summed E-state index contributed by atoms with van der Waals surface area (Å²) in [5.74, 6) is 0.145. The van der Waals surface area contributed by atoms with Crippen molar-refractivity contribution in [3.05, 3.63) is 58.6 Å². The van der Waals surface area contributed by atoms with Gasteiger partial charge in [0.15, 0.2) is 0 Å². The van der Waals surface area contributed by atoms with Crippen molar-refractivity contribution in [3.63, 3.8) is 0 Å². The maximum Gasteiger partial charge on any atom is 0.573 e. The SMILES string of the molecule is FC(F)(F)Oc1ccc(-n2nc(-c3cc(C(F)(F)F)ccc3Cl)c3c2NCC3)cc1. The first-order valence-electron chi connectivity index (χ1n) is 8.62. The zero-order valence-corrected chi connectivity index (χ0v) is 15.7. The highest BCUT2D eigenvalue weighted by molar-refractivity contribution is 6.33. The first-order valence-corrected chi connectivity index (χ1v) is 9.00. The first-order chi connectivity index (χ1) is 14.0. The molecule has 0 unspecified atom stereocenters. The van der Waals surface area contributed by atoms with Crippen molar-refractivity contribution >= 4 is 17.4 Å². The Balaban J connectivity index is 1.77. The maximum atomic E-state index is 13.1. The van der Waals surface area contributed by atoms with Gasteiger partial charge in [0.2, 0.25) is 0 Å². The Bertz CT molecular complexity index is 1090. The number of nitrogens with zero attached hydrogens (tertiary/aromatic N) is 2. The van der Waals surface area contributed by atoms with E-state index < -0.39 is 23.9 Å². The molecule has 0 bridgehead atoms. The second kappa shape index (κ2) is 7.12. The molecule has 1 aliphatic heterocycles. The Kier molecular flexibility index (Phi) is 4.84. The smallest absolute Gasteiger partial charge is 0.406 e. The van der Waals surface area contributed by atoms with E-state index in [1.807, 2.05) is 0 Å².